The van der Waals surface area contributed by atoms with E-state index in [1.165, 1.54) is 10.6 Å². The van der Waals surface area contributed by atoms with Crippen molar-refractivity contribution >= 4 is 17.3 Å². The SMILES string of the molecule is Cc1cc(Cl)ccc1C(C/C(=N\O)c1ccc(=O)n(C)c1)c1ccc(-c2ccc(C#N)cc2)cc1. The van der Waals surface area contributed by atoms with E-state index in [1.807, 2.05) is 37.3 Å². The minimum Gasteiger partial charge on any atom is -0.411 e. The molecule has 174 valence electrons. The van der Waals surface area contributed by atoms with Gasteiger partial charge in [0, 0.05) is 42.2 Å². The average Bonchev–Trinajstić information content (AvgIpc) is 2.87. The molecule has 0 aliphatic carbocycles. The van der Waals surface area contributed by atoms with Crippen molar-refractivity contribution < 1.29 is 5.21 Å². The Bertz CT molecular complexity index is 1480. The number of halogens is 1. The van der Waals surface area contributed by atoms with Crippen molar-refractivity contribution in [1.29, 1.82) is 5.26 Å². The van der Waals surface area contributed by atoms with Crippen LogP contribution in [0.1, 0.15) is 40.2 Å². The first-order valence-corrected chi connectivity index (χ1v) is 11.5. The highest BCUT2D eigenvalue weighted by Gasteiger charge is 2.21. The van der Waals surface area contributed by atoms with Crippen LogP contribution in [-0.4, -0.2) is 15.5 Å². The summed E-state index contributed by atoms with van der Waals surface area (Å²) in [7, 11) is 1.67. The molecule has 35 heavy (non-hydrogen) atoms. The first kappa shape index (κ1) is 24.0. The van der Waals surface area contributed by atoms with Gasteiger partial charge in [-0.15, -0.1) is 0 Å². The molecule has 3 aromatic carbocycles. The third-order valence-electron chi connectivity index (χ3n) is 6.20. The summed E-state index contributed by atoms with van der Waals surface area (Å²) in [5.74, 6) is -0.106. The van der Waals surface area contributed by atoms with Crippen LogP contribution in [0, 0.1) is 18.3 Å². The highest BCUT2D eigenvalue weighted by atomic mass is 35.5. The van der Waals surface area contributed by atoms with Gasteiger partial charge in [0.25, 0.3) is 0 Å². The topological polar surface area (TPSA) is 78.4 Å². The molecule has 4 rings (SSSR count). The smallest absolute Gasteiger partial charge is 0.250 e. The van der Waals surface area contributed by atoms with Crippen molar-refractivity contribution in [2.45, 2.75) is 19.3 Å². The zero-order valence-corrected chi connectivity index (χ0v) is 20.2. The quantitative estimate of drug-likeness (QED) is 0.200. The maximum atomic E-state index is 11.8. The molecular formula is C29H24ClN3O2. The zero-order chi connectivity index (χ0) is 24.9. The van der Waals surface area contributed by atoms with Crippen LogP contribution in [0.3, 0.4) is 0 Å². The van der Waals surface area contributed by atoms with Crippen molar-refractivity contribution in [2.75, 3.05) is 0 Å². The summed E-state index contributed by atoms with van der Waals surface area (Å²) >= 11 is 6.22. The molecule has 6 heteroatoms. The first-order chi connectivity index (χ1) is 16.9. The van der Waals surface area contributed by atoms with Crippen molar-refractivity contribution in [3.8, 4) is 17.2 Å². The van der Waals surface area contributed by atoms with Crippen LogP contribution in [0.25, 0.3) is 11.1 Å². The minimum absolute atomic E-state index is 0.106. The van der Waals surface area contributed by atoms with Gasteiger partial charge < -0.3 is 9.77 Å². The van der Waals surface area contributed by atoms with E-state index in [4.69, 9.17) is 16.9 Å². The number of hydrogen-bond donors (Lipinski definition) is 1. The van der Waals surface area contributed by atoms with E-state index in [2.05, 4.69) is 35.5 Å². The number of oxime groups is 1. The Kier molecular flexibility index (Phi) is 7.14. The van der Waals surface area contributed by atoms with Gasteiger partial charge in [-0.1, -0.05) is 59.2 Å². The number of rotatable bonds is 6. The van der Waals surface area contributed by atoms with Crippen LogP contribution < -0.4 is 5.56 Å². The molecule has 0 amide bonds. The second-order valence-corrected chi connectivity index (χ2v) is 8.92. The monoisotopic (exact) mass is 481 g/mol. The van der Waals surface area contributed by atoms with E-state index < -0.39 is 0 Å². The van der Waals surface area contributed by atoms with Gasteiger partial charge in [0.15, 0.2) is 0 Å². The summed E-state index contributed by atoms with van der Waals surface area (Å²) in [5, 5.41) is 23.2. The minimum atomic E-state index is -0.130. The zero-order valence-electron chi connectivity index (χ0n) is 19.4. The number of aryl methyl sites for hydroxylation is 2. The lowest BCUT2D eigenvalue weighted by atomic mass is 9.83. The molecule has 1 heterocycles. The van der Waals surface area contributed by atoms with Gasteiger partial charge in [-0.25, -0.2) is 0 Å². The number of benzene rings is 3. The summed E-state index contributed by atoms with van der Waals surface area (Å²) in [5.41, 5.74) is 6.89. The number of nitriles is 1. The second kappa shape index (κ2) is 10.4. The molecule has 0 bridgehead atoms. The molecule has 0 fully saturated rings. The Labute approximate surface area is 209 Å². The van der Waals surface area contributed by atoms with Crippen molar-refractivity contribution in [2.24, 2.45) is 12.2 Å². The Balaban J connectivity index is 1.73. The molecule has 0 radical (unpaired) electrons. The first-order valence-electron chi connectivity index (χ1n) is 11.1. The molecule has 1 atom stereocenters. The van der Waals surface area contributed by atoms with Gasteiger partial charge in [-0.3, -0.25) is 4.79 Å². The van der Waals surface area contributed by atoms with E-state index >= 15 is 0 Å². The molecule has 5 nitrogen and oxygen atoms in total. The van der Waals surface area contributed by atoms with Gasteiger partial charge in [0.1, 0.15) is 0 Å². The van der Waals surface area contributed by atoms with Crippen molar-refractivity contribution in [3.63, 3.8) is 0 Å². The predicted octanol–water partition coefficient (Wildman–Crippen LogP) is 6.29. The predicted molar refractivity (Wildman–Crippen MR) is 139 cm³/mol. The Morgan fingerprint density at radius 2 is 1.69 bits per heavy atom. The molecule has 1 N–H and O–H groups in total. The third-order valence-corrected chi connectivity index (χ3v) is 6.44. The van der Waals surface area contributed by atoms with E-state index in [0.717, 1.165) is 27.8 Å². The standard InChI is InChI=1S/C29H24ClN3O2/c1-19-15-25(30)12-13-26(19)27(16-28(32-35)24-11-14-29(34)33(2)18-24)23-9-7-22(8-10-23)21-5-3-20(17-31)4-6-21/h3-15,18,27,35H,16H2,1-2H3/b32-28+. The highest BCUT2D eigenvalue weighted by molar-refractivity contribution is 6.30. The third kappa shape index (κ3) is 5.34. The van der Waals surface area contributed by atoms with Crippen LogP contribution >= 0.6 is 11.6 Å². The lowest BCUT2D eigenvalue weighted by Crippen LogP contribution is -2.18. The fourth-order valence-electron chi connectivity index (χ4n) is 4.26. The van der Waals surface area contributed by atoms with E-state index in [0.29, 0.717) is 28.3 Å². The van der Waals surface area contributed by atoms with Crippen molar-refractivity contribution in [3.05, 3.63) is 128 Å². The largest absolute Gasteiger partial charge is 0.411 e. The molecule has 1 unspecified atom stereocenters. The maximum Gasteiger partial charge on any atom is 0.250 e. The number of nitrogens with zero attached hydrogens (tertiary/aromatic N) is 3. The van der Waals surface area contributed by atoms with Crippen LogP contribution in [0.15, 0.2) is 95.0 Å². The summed E-state index contributed by atoms with van der Waals surface area (Å²) in [6, 6.07) is 26.8. The Hall–Kier alpha value is -4.14. The fraction of sp³-hybridized carbons (Fsp3) is 0.138. The van der Waals surface area contributed by atoms with Gasteiger partial charge in [0.2, 0.25) is 5.56 Å². The van der Waals surface area contributed by atoms with Gasteiger partial charge in [0.05, 0.1) is 17.3 Å². The van der Waals surface area contributed by atoms with E-state index in [9.17, 15) is 10.0 Å². The number of aromatic nitrogens is 1. The Morgan fingerprint density at radius 1 is 1.03 bits per heavy atom. The Morgan fingerprint density at radius 3 is 2.26 bits per heavy atom. The highest BCUT2D eigenvalue weighted by Crippen LogP contribution is 2.34. The second-order valence-electron chi connectivity index (χ2n) is 8.48. The summed E-state index contributed by atoms with van der Waals surface area (Å²) in [6.45, 7) is 2.02. The molecule has 0 aliphatic heterocycles. The lowest BCUT2D eigenvalue weighted by molar-refractivity contribution is 0.317. The summed E-state index contributed by atoms with van der Waals surface area (Å²) in [6.07, 6.45) is 2.10. The number of hydrogen-bond acceptors (Lipinski definition) is 4. The van der Waals surface area contributed by atoms with E-state index in [-0.39, 0.29) is 11.5 Å². The van der Waals surface area contributed by atoms with E-state index in [1.54, 1.807) is 31.4 Å². The van der Waals surface area contributed by atoms with Gasteiger partial charge >= 0.3 is 0 Å². The van der Waals surface area contributed by atoms with Crippen LogP contribution in [0.2, 0.25) is 5.02 Å². The molecule has 1 aromatic heterocycles. The fourth-order valence-corrected chi connectivity index (χ4v) is 4.48. The number of pyridine rings is 1. The molecule has 0 aliphatic rings. The average molecular weight is 482 g/mol. The normalized spacial score (nSPS) is 12.2. The van der Waals surface area contributed by atoms with Gasteiger partial charge in [-0.2, -0.15) is 5.26 Å². The lowest BCUT2D eigenvalue weighted by Gasteiger charge is -2.21. The van der Waals surface area contributed by atoms with Crippen LogP contribution in [0.5, 0.6) is 0 Å². The molecule has 0 spiro atoms. The molecule has 0 saturated heterocycles. The van der Waals surface area contributed by atoms with Gasteiger partial charge in [-0.05, 0) is 65.1 Å². The summed E-state index contributed by atoms with van der Waals surface area (Å²) in [4.78, 5) is 11.8. The maximum absolute atomic E-state index is 11.8. The van der Waals surface area contributed by atoms with Crippen LogP contribution in [0.4, 0.5) is 0 Å². The molecule has 0 saturated carbocycles. The molecule has 4 aromatic rings. The van der Waals surface area contributed by atoms with Crippen LogP contribution in [-0.2, 0) is 7.05 Å². The van der Waals surface area contributed by atoms with Crippen molar-refractivity contribution in [1.82, 2.24) is 4.57 Å². The molecular weight excluding hydrogens is 458 g/mol. The summed E-state index contributed by atoms with van der Waals surface area (Å²) < 4.78 is 1.47.